The first-order valence-electron chi connectivity index (χ1n) is 8.58. The van der Waals surface area contributed by atoms with Crippen LogP contribution in [-0.2, 0) is 10.2 Å². The lowest BCUT2D eigenvalue weighted by Gasteiger charge is -2.29. The number of nitrogens with two attached hydrogens (primary N) is 2. The van der Waals surface area contributed by atoms with E-state index in [0.717, 1.165) is 22.3 Å². The molecule has 0 bridgehead atoms. The van der Waals surface area contributed by atoms with Crippen LogP contribution in [0.2, 0.25) is 0 Å². The van der Waals surface area contributed by atoms with Crippen LogP contribution in [0.3, 0.4) is 0 Å². The van der Waals surface area contributed by atoms with Crippen molar-refractivity contribution in [3.63, 3.8) is 0 Å². The molecule has 0 aliphatic heterocycles. The highest BCUT2D eigenvalue weighted by molar-refractivity contribution is 6.53. The molecule has 0 heterocycles. The Kier molecular flexibility index (Phi) is 4.05. The van der Waals surface area contributed by atoms with Crippen LogP contribution in [0.1, 0.15) is 22.3 Å². The molecular formula is C22H18N4O. The molecule has 0 aromatic heterocycles. The maximum atomic E-state index is 13.8. The zero-order chi connectivity index (χ0) is 18.9. The Morgan fingerprint density at radius 3 is 1.81 bits per heavy atom. The first-order chi connectivity index (χ1) is 13.2. The second-order valence-electron chi connectivity index (χ2n) is 6.33. The molecule has 0 spiro atoms. The molecule has 4 N–H and O–H groups in total. The third-order valence-electron chi connectivity index (χ3n) is 4.82. The van der Waals surface area contributed by atoms with Gasteiger partial charge in [-0.3, -0.25) is 4.79 Å². The molecular weight excluding hydrogens is 336 g/mol. The van der Waals surface area contributed by atoms with E-state index in [1.54, 1.807) is 0 Å². The molecule has 0 atom stereocenters. The number of fused-ring (bicyclic) bond motifs is 1. The van der Waals surface area contributed by atoms with Gasteiger partial charge in [0, 0.05) is 5.56 Å². The topological polar surface area (TPSA) is 93.8 Å². The minimum absolute atomic E-state index is 0.147. The van der Waals surface area contributed by atoms with Gasteiger partial charge in [0.1, 0.15) is 11.1 Å². The number of nitrogens with zero attached hydrogens (tertiary/aromatic N) is 2. The third-order valence-corrected chi connectivity index (χ3v) is 4.82. The van der Waals surface area contributed by atoms with E-state index < -0.39 is 5.41 Å². The van der Waals surface area contributed by atoms with E-state index in [-0.39, 0.29) is 17.5 Å². The lowest BCUT2D eigenvalue weighted by molar-refractivity contribution is -0.115. The molecule has 0 saturated heterocycles. The Morgan fingerprint density at radius 2 is 1.26 bits per heavy atom. The molecule has 5 heteroatoms. The molecule has 5 nitrogen and oxygen atoms in total. The average Bonchev–Trinajstić information content (AvgIpc) is 2.96. The maximum absolute atomic E-state index is 13.8. The summed E-state index contributed by atoms with van der Waals surface area (Å²) >= 11 is 0. The fourth-order valence-corrected chi connectivity index (χ4v) is 3.76. The van der Waals surface area contributed by atoms with Gasteiger partial charge < -0.3 is 11.5 Å². The standard InChI is InChI=1S/C22H18N4O/c23-21(24)26-25-19-17-13-7-8-14-18(17)22(20(19)27,15-9-3-1-4-10-15)16-11-5-2-6-12-16/h1-14H,(H4,23,24,26). The molecule has 0 fully saturated rings. The normalized spacial score (nSPS) is 16.1. The molecule has 3 aromatic carbocycles. The maximum Gasteiger partial charge on any atom is 0.211 e. The van der Waals surface area contributed by atoms with Gasteiger partial charge in [-0.05, 0) is 16.7 Å². The van der Waals surface area contributed by atoms with Crippen molar-refractivity contribution in [3.05, 3.63) is 107 Å². The minimum atomic E-state index is -0.989. The van der Waals surface area contributed by atoms with E-state index >= 15 is 0 Å². The van der Waals surface area contributed by atoms with Crippen molar-refractivity contribution in [2.24, 2.45) is 21.7 Å². The molecule has 0 unspecified atom stereocenters. The van der Waals surface area contributed by atoms with Gasteiger partial charge >= 0.3 is 0 Å². The van der Waals surface area contributed by atoms with Crippen molar-refractivity contribution < 1.29 is 4.79 Å². The number of Topliss-reactive ketones (excluding diaryl/α,β-unsaturated/α-hetero) is 1. The van der Waals surface area contributed by atoms with Crippen LogP contribution < -0.4 is 11.5 Å². The molecule has 3 aromatic rings. The highest BCUT2D eigenvalue weighted by Crippen LogP contribution is 2.46. The van der Waals surface area contributed by atoms with Gasteiger partial charge in [-0.25, -0.2) is 0 Å². The van der Waals surface area contributed by atoms with Crippen molar-refractivity contribution in [1.29, 1.82) is 0 Å². The second kappa shape index (κ2) is 6.53. The van der Waals surface area contributed by atoms with Crippen LogP contribution in [0.25, 0.3) is 0 Å². The lowest BCUT2D eigenvalue weighted by atomic mass is 9.69. The van der Waals surface area contributed by atoms with E-state index in [4.69, 9.17) is 11.5 Å². The first-order valence-corrected chi connectivity index (χ1v) is 8.58. The van der Waals surface area contributed by atoms with Gasteiger partial charge in [0.15, 0.2) is 0 Å². The number of carbonyl (C=O) groups is 1. The summed E-state index contributed by atoms with van der Waals surface area (Å²) in [6.45, 7) is 0. The van der Waals surface area contributed by atoms with Crippen LogP contribution in [0, 0.1) is 0 Å². The van der Waals surface area contributed by atoms with Gasteiger partial charge in [0.2, 0.25) is 11.7 Å². The predicted octanol–water partition coefficient (Wildman–Crippen LogP) is 2.58. The fourth-order valence-electron chi connectivity index (χ4n) is 3.76. The summed E-state index contributed by atoms with van der Waals surface area (Å²) in [6, 6.07) is 27.1. The Balaban J connectivity index is 2.10. The number of ketones is 1. The minimum Gasteiger partial charge on any atom is -0.369 e. The quantitative estimate of drug-likeness (QED) is 0.430. The molecule has 1 aliphatic carbocycles. The third kappa shape index (κ3) is 2.52. The van der Waals surface area contributed by atoms with E-state index in [1.807, 2.05) is 84.9 Å². The number of rotatable bonds is 3. The summed E-state index contributed by atoms with van der Waals surface area (Å²) < 4.78 is 0. The van der Waals surface area contributed by atoms with E-state index in [1.165, 1.54) is 0 Å². The van der Waals surface area contributed by atoms with Crippen LogP contribution >= 0.6 is 0 Å². The zero-order valence-corrected chi connectivity index (χ0v) is 14.5. The van der Waals surface area contributed by atoms with E-state index in [9.17, 15) is 4.79 Å². The number of hydrogen-bond donors (Lipinski definition) is 2. The molecule has 0 amide bonds. The number of hydrogen-bond acceptors (Lipinski definition) is 3. The number of guanidine groups is 1. The van der Waals surface area contributed by atoms with Gasteiger partial charge in [-0.2, -0.15) is 0 Å². The first kappa shape index (κ1) is 16.7. The van der Waals surface area contributed by atoms with Crippen LogP contribution in [0.5, 0.6) is 0 Å². The Hall–Kier alpha value is -3.73. The molecule has 132 valence electrons. The number of carbonyl (C=O) groups excluding carboxylic acids is 1. The summed E-state index contributed by atoms with van der Waals surface area (Å²) in [5.74, 6) is -0.337. The van der Waals surface area contributed by atoms with Crippen LogP contribution in [-0.4, -0.2) is 17.5 Å². The molecule has 0 radical (unpaired) electrons. The molecule has 1 aliphatic rings. The highest BCUT2D eigenvalue weighted by Gasteiger charge is 2.52. The average molecular weight is 354 g/mol. The molecule has 0 saturated carbocycles. The molecule has 27 heavy (non-hydrogen) atoms. The zero-order valence-electron chi connectivity index (χ0n) is 14.5. The van der Waals surface area contributed by atoms with Crippen molar-refractivity contribution in [2.45, 2.75) is 5.41 Å². The SMILES string of the molecule is NC(N)=NN=C1C(=O)C(c2ccccc2)(c2ccccc2)c2ccccc21. The summed E-state index contributed by atoms with van der Waals surface area (Å²) in [6.07, 6.45) is 0. The predicted molar refractivity (Wildman–Crippen MR) is 107 cm³/mol. The van der Waals surface area contributed by atoms with Gasteiger partial charge in [-0.1, -0.05) is 84.9 Å². The van der Waals surface area contributed by atoms with Crippen LogP contribution in [0.4, 0.5) is 0 Å². The van der Waals surface area contributed by atoms with Gasteiger partial charge in [0.25, 0.3) is 0 Å². The Morgan fingerprint density at radius 1 is 0.741 bits per heavy atom. The molecule has 4 rings (SSSR count). The van der Waals surface area contributed by atoms with Gasteiger partial charge in [-0.15, -0.1) is 10.2 Å². The van der Waals surface area contributed by atoms with Crippen molar-refractivity contribution in [2.75, 3.05) is 0 Å². The summed E-state index contributed by atoms with van der Waals surface area (Å²) in [7, 11) is 0. The summed E-state index contributed by atoms with van der Waals surface area (Å²) in [4.78, 5) is 13.8. The van der Waals surface area contributed by atoms with Gasteiger partial charge in [0.05, 0.1) is 0 Å². The lowest BCUT2D eigenvalue weighted by Crippen LogP contribution is -2.37. The van der Waals surface area contributed by atoms with E-state index in [2.05, 4.69) is 10.2 Å². The second-order valence-corrected chi connectivity index (χ2v) is 6.33. The Labute approximate surface area is 157 Å². The summed E-state index contributed by atoms with van der Waals surface area (Å²) in [5, 5.41) is 7.84. The number of benzene rings is 3. The van der Waals surface area contributed by atoms with Crippen molar-refractivity contribution >= 4 is 17.5 Å². The van der Waals surface area contributed by atoms with E-state index in [0.29, 0.717) is 0 Å². The highest BCUT2D eigenvalue weighted by atomic mass is 16.1. The fraction of sp³-hybridized carbons (Fsp3) is 0.0455. The summed E-state index contributed by atoms with van der Waals surface area (Å²) in [5.41, 5.74) is 13.5. The largest absolute Gasteiger partial charge is 0.369 e. The van der Waals surface area contributed by atoms with Crippen LogP contribution in [0.15, 0.2) is 95.1 Å². The van der Waals surface area contributed by atoms with Crippen molar-refractivity contribution in [1.82, 2.24) is 0 Å². The Bertz CT molecular complexity index is 1010. The van der Waals surface area contributed by atoms with Crippen molar-refractivity contribution in [3.8, 4) is 0 Å². The monoisotopic (exact) mass is 354 g/mol. The smallest absolute Gasteiger partial charge is 0.211 e.